The number of fused-ring (bicyclic) bond motifs is 1. The summed E-state index contributed by atoms with van der Waals surface area (Å²) in [6, 6.07) is 5.91. The summed E-state index contributed by atoms with van der Waals surface area (Å²) in [5.41, 5.74) is 1.43. The summed E-state index contributed by atoms with van der Waals surface area (Å²) in [7, 11) is 0. The van der Waals surface area contributed by atoms with E-state index in [0.717, 1.165) is 36.4 Å². The monoisotopic (exact) mass is 312 g/mol. The van der Waals surface area contributed by atoms with Crippen molar-refractivity contribution in [3.8, 4) is 0 Å². The Bertz CT molecular complexity index is 711. The summed E-state index contributed by atoms with van der Waals surface area (Å²) < 4.78 is 1.99. The highest BCUT2D eigenvalue weighted by molar-refractivity contribution is 5.79. The molecule has 0 unspecified atom stereocenters. The van der Waals surface area contributed by atoms with Crippen molar-refractivity contribution in [2.24, 2.45) is 16.3 Å². The van der Waals surface area contributed by atoms with Gasteiger partial charge in [0.05, 0.1) is 0 Å². The van der Waals surface area contributed by atoms with Crippen LogP contribution in [-0.4, -0.2) is 33.6 Å². The molecule has 4 rings (SSSR count). The highest BCUT2D eigenvalue weighted by atomic mass is 15.3. The minimum atomic E-state index is 0.525. The normalized spacial score (nSPS) is 19.8. The third kappa shape index (κ3) is 3.02. The average Bonchev–Trinajstić information content (AvgIpc) is 3.47. The second-order valence-corrected chi connectivity index (χ2v) is 6.73. The lowest BCUT2D eigenvalue weighted by atomic mass is 10.0. The lowest BCUT2D eigenvalue weighted by molar-refractivity contribution is 0.431. The van der Waals surface area contributed by atoms with Crippen LogP contribution in [0.4, 0.5) is 0 Å². The standard InChI is InChI=1S/C17H24N6/c1-2-18-16(20-12-17(8-9-17)13-6-7-13)19-11-15-22-21-14-5-3-4-10-23(14)15/h3-5,10,13H,2,6-9,11-12H2,1H3,(H2,18,19,20). The Morgan fingerprint density at radius 3 is 2.91 bits per heavy atom. The number of aromatic nitrogens is 3. The third-order valence-corrected chi connectivity index (χ3v) is 5.05. The maximum atomic E-state index is 4.69. The number of rotatable bonds is 6. The molecule has 2 fully saturated rings. The molecule has 0 radical (unpaired) electrons. The molecule has 2 heterocycles. The number of aliphatic imine (C=N–C) groups is 1. The lowest BCUT2D eigenvalue weighted by Crippen LogP contribution is -2.40. The zero-order chi connectivity index (χ0) is 15.7. The largest absolute Gasteiger partial charge is 0.357 e. The maximum Gasteiger partial charge on any atom is 0.191 e. The molecule has 0 atom stereocenters. The average molecular weight is 312 g/mol. The molecule has 0 aliphatic heterocycles. The van der Waals surface area contributed by atoms with Crippen LogP contribution in [0.15, 0.2) is 29.4 Å². The van der Waals surface area contributed by atoms with Gasteiger partial charge in [0.25, 0.3) is 0 Å². The van der Waals surface area contributed by atoms with Crippen molar-refractivity contribution in [1.82, 2.24) is 25.2 Å². The van der Waals surface area contributed by atoms with Gasteiger partial charge in [0.2, 0.25) is 0 Å². The Balaban J connectivity index is 1.43. The van der Waals surface area contributed by atoms with Crippen LogP contribution in [0.1, 0.15) is 38.4 Å². The van der Waals surface area contributed by atoms with E-state index in [2.05, 4.69) is 32.7 Å². The van der Waals surface area contributed by atoms with Gasteiger partial charge in [-0.15, -0.1) is 10.2 Å². The van der Waals surface area contributed by atoms with Crippen LogP contribution in [-0.2, 0) is 6.54 Å². The topological polar surface area (TPSA) is 66.6 Å². The van der Waals surface area contributed by atoms with Gasteiger partial charge < -0.3 is 10.6 Å². The predicted molar refractivity (Wildman–Crippen MR) is 90.2 cm³/mol. The van der Waals surface area contributed by atoms with Gasteiger partial charge in [0.1, 0.15) is 6.54 Å². The van der Waals surface area contributed by atoms with Crippen LogP contribution in [0.3, 0.4) is 0 Å². The molecule has 0 spiro atoms. The van der Waals surface area contributed by atoms with Crippen LogP contribution in [0, 0.1) is 11.3 Å². The highest BCUT2D eigenvalue weighted by Gasteiger charge is 2.53. The molecule has 2 N–H and O–H groups in total. The molecule has 2 aromatic heterocycles. The number of nitrogens with zero attached hydrogens (tertiary/aromatic N) is 4. The van der Waals surface area contributed by atoms with Gasteiger partial charge in [0.15, 0.2) is 17.4 Å². The molecule has 6 heteroatoms. The van der Waals surface area contributed by atoms with Crippen molar-refractivity contribution >= 4 is 11.6 Å². The molecule has 2 aliphatic carbocycles. The number of guanidine groups is 1. The zero-order valence-electron chi connectivity index (χ0n) is 13.6. The molecule has 0 bridgehead atoms. The van der Waals surface area contributed by atoms with E-state index in [1.807, 2.05) is 28.8 Å². The summed E-state index contributed by atoms with van der Waals surface area (Å²) in [6.07, 6.45) is 7.56. The molecule has 2 aromatic rings. The predicted octanol–water partition coefficient (Wildman–Crippen LogP) is 1.97. The quantitative estimate of drug-likeness (QED) is 0.632. The van der Waals surface area contributed by atoms with Crippen molar-refractivity contribution in [2.75, 3.05) is 13.1 Å². The smallest absolute Gasteiger partial charge is 0.191 e. The first-order chi connectivity index (χ1) is 11.3. The summed E-state index contributed by atoms with van der Waals surface area (Å²) >= 11 is 0. The van der Waals surface area contributed by atoms with E-state index in [9.17, 15) is 0 Å². The van der Waals surface area contributed by atoms with E-state index in [1.54, 1.807) is 0 Å². The molecule has 0 saturated heterocycles. The van der Waals surface area contributed by atoms with Gasteiger partial charge in [0, 0.05) is 19.3 Å². The first kappa shape index (κ1) is 14.5. The van der Waals surface area contributed by atoms with Crippen LogP contribution in [0.2, 0.25) is 0 Å². The van der Waals surface area contributed by atoms with E-state index in [4.69, 9.17) is 0 Å². The Labute approximate surface area is 136 Å². The van der Waals surface area contributed by atoms with Gasteiger partial charge in [-0.05, 0) is 56.1 Å². The third-order valence-electron chi connectivity index (χ3n) is 5.05. The first-order valence-electron chi connectivity index (χ1n) is 8.61. The SMILES string of the molecule is CCNC(=NCc1nnc2ccccn12)NCC1(C2CC2)CC1. The molecule has 0 amide bonds. The molecular formula is C17H24N6. The van der Waals surface area contributed by atoms with E-state index in [-0.39, 0.29) is 0 Å². The van der Waals surface area contributed by atoms with Gasteiger partial charge in [-0.3, -0.25) is 4.40 Å². The van der Waals surface area contributed by atoms with Crippen LogP contribution >= 0.6 is 0 Å². The van der Waals surface area contributed by atoms with Crippen molar-refractivity contribution in [3.05, 3.63) is 30.2 Å². The Morgan fingerprint density at radius 1 is 1.30 bits per heavy atom. The molecule has 122 valence electrons. The molecule has 2 saturated carbocycles. The Morgan fingerprint density at radius 2 is 2.17 bits per heavy atom. The summed E-state index contributed by atoms with van der Waals surface area (Å²) in [4.78, 5) is 4.69. The fourth-order valence-electron chi connectivity index (χ4n) is 3.34. The number of hydrogen-bond acceptors (Lipinski definition) is 3. The van der Waals surface area contributed by atoms with Crippen LogP contribution in [0.25, 0.3) is 5.65 Å². The minimum absolute atomic E-state index is 0.525. The van der Waals surface area contributed by atoms with Crippen molar-refractivity contribution in [2.45, 2.75) is 39.2 Å². The summed E-state index contributed by atoms with van der Waals surface area (Å²) in [5.74, 6) is 2.70. The molecule has 23 heavy (non-hydrogen) atoms. The summed E-state index contributed by atoms with van der Waals surface area (Å²) in [6.45, 7) is 4.53. The van der Waals surface area contributed by atoms with Gasteiger partial charge in [-0.25, -0.2) is 4.99 Å². The van der Waals surface area contributed by atoms with E-state index >= 15 is 0 Å². The molecular weight excluding hydrogens is 288 g/mol. The van der Waals surface area contributed by atoms with E-state index < -0.39 is 0 Å². The number of nitrogens with one attached hydrogen (secondary N) is 2. The van der Waals surface area contributed by atoms with Gasteiger partial charge in [-0.1, -0.05) is 6.07 Å². The van der Waals surface area contributed by atoms with E-state index in [0.29, 0.717) is 12.0 Å². The molecule has 0 aromatic carbocycles. The van der Waals surface area contributed by atoms with Crippen LogP contribution in [0.5, 0.6) is 0 Å². The Hall–Kier alpha value is -2.11. The second kappa shape index (κ2) is 5.83. The van der Waals surface area contributed by atoms with E-state index in [1.165, 1.54) is 25.7 Å². The Kier molecular flexibility index (Phi) is 3.67. The van der Waals surface area contributed by atoms with Crippen LogP contribution < -0.4 is 10.6 Å². The molecule has 2 aliphatic rings. The number of pyridine rings is 1. The zero-order valence-corrected chi connectivity index (χ0v) is 13.6. The number of hydrogen-bond donors (Lipinski definition) is 2. The first-order valence-corrected chi connectivity index (χ1v) is 8.61. The minimum Gasteiger partial charge on any atom is -0.357 e. The fraction of sp³-hybridized carbons (Fsp3) is 0.588. The van der Waals surface area contributed by atoms with Crippen molar-refractivity contribution in [3.63, 3.8) is 0 Å². The summed E-state index contributed by atoms with van der Waals surface area (Å²) in [5, 5.41) is 15.3. The lowest BCUT2D eigenvalue weighted by Gasteiger charge is -2.17. The molecule has 6 nitrogen and oxygen atoms in total. The van der Waals surface area contributed by atoms with Crippen molar-refractivity contribution < 1.29 is 0 Å². The van der Waals surface area contributed by atoms with Gasteiger partial charge >= 0.3 is 0 Å². The highest BCUT2D eigenvalue weighted by Crippen LogP contribution is 2.60. The van der Waals surface area contributed by atoms with Crippen molar-refractivity contribution in [1.29, 1.82) is 0 Å². The second-order valence-electron chi connectivity index (χ2n) is 6.73. The fourth-order valence-corrected chi connectivity index (χ4v) is 3.34. The van der Waals surface area contributed by atoms with Gasteiger partial charge in [-0.2, -0.15) is 0 Å². The maximum absolute atomic E-state index is 4.69.